The average Bonchev–Trinajstić information content (AvgIpc) is 2.65. The van der Waals surface area contributed by atoms with Crippen molar-refractivity contribution in [2.24, 2.45) is 4.99 Å². The van der Waals surface area contributed by atoms with Crippen molar-refractivity contribution >= 4 is 12.4 Å². The van der Waals surface area contributed by atoms with Gasteiger partial charge < -0.3 is 14.2 Å². The molecule has 0 saturated heterocycles. The lowest BCUT2D eigenvalue weighted by atomic mass is 9.96. The second-order valence-corrected chi connectivity index (χ2v) is 4.29. The largest absolute Gasteiger partial charge is 0.477 e. The molecule has 2 unspecified atom stereocenters. The van der Waals surface area contributed by atoms with E-state index >= 15 is 0 Å². The van der Waals surface area contributed by atoms with Crippen LogP contribution >= 0.6 is 0 Å². The Hall–Kier alpha value is -1.10. The van der Waals surface area contributed by atoms with E-state index in [-0.39, 0.29) is 17.7 Å². The molecule has 1 aliphatic rings. The van der Waals surface area contributed by atoms with Crippen LogP contribution in [0.5, 0.6) is 0 Å². The van der Waals surface area contributed by atoms with Crippen LogP contribution in [-0.2, 0) is 19.0 Å². The number of methoxy groups -OCH3 is 1. The molecule has 92 valence electrons. The Bertz CT molecular complexity index is 275. The zero-order chi connectivity index (χ0) is 12.2. The van der Waals surface area contributed by atoms with E-state index in [0.717, 1.165) is 0 Å². The molecule has 0 aromatic carbocycles. The van der Waals surface area contributed by atoms with Gasteiger partial charge in [0, 0.05) is 13.5 Å². The Morgan fingerprint density at radius 2 is 2.25 bits per heavy atom. The molecule has 0 saturated carbocycles. The van der Waals surface area contributed by atoms with Gasteiger partial charge in [-0.3, -0.25) is 0 Å². The molecule has 0 aromatic heterocycles. The van der Waals surface area contributed by atoms with Crippen LogP contribution in [0.3, 0.4) is 0 Å². The van der Waals surface area contributed by atoms with Gasteiger partial charge in [-0.1, -0.05) is 0 Å². The number of ether oxygens (including phenoxy) is 3. The third-order valence-electron chi connectivity index (χ3n) is 2.58. The van der Waals surface area contributed by atoms with Gasteiger partial charge in [-0.05, 0) is 20.8 Å². The number of esters is 1. The van der Waals surface area contributed by atoms with Crippen LogP contribution in [0.4, 0.5) is 0 Å². The first-order chi connectivity index (χ1) is 7.50. The number of nitrogens with zero attached hydrogens (tertiary/aromatic N) is 1. The first-order valence-corrected chi connectivity index (χ1v) is 5.39. The quantitative estimate of drug-likeness (QED) is 0.664. The summed E-state index contributed by atoms with van der Waals surface area (Å²) >= 11 is 0. The Balaban J connectivity index is 2.58. The summed E-state index contributed by atoms with van der Waals surface area (Å²) < 4.78 is 15.5. The van der Waals surface area contributed by atoms with Gasteiger partial charge in [-0.15, -0.1) is 0 Å². The predicted molar refractivity (Wildman–Crippen MR) is 59.5 cm³/mol. The van der Waals surface area contributed by atoms with Crippen LogP contribution in [0.1, 0.15) is 27.2 Å². The van der Waals surface area contributed by atoms with Gasteiger partial charge in [0.1, 0.15) is 6.10 Å². The third-order valence-corrected chi connectivity index (χ3v) is 2.58. The van der Waals surface area contributed by atoms with Crippen molar-refractivity contribution in [3.8, 4) is 0 Å². The number of hydrogen-bond acceptors (Lipinski definition) is 5. The van der Waals surface area contributed by atoms with Crippen molar-refractivity contribution in [2.45, 2.75) is 44.9 Å². The van der Waals surface area contributed by atoms with E-state index in [1.807, 2.05) is 13.8 Å². The minimum Gasteiger partial charge on any atom is -0.477 e. The molecule has 1 heterocycles. The second kappa shape index (κ2) is 5.30. The fourth-order valence-electron chi connectivity index (χ4n) is 1.52. The lowest BCUT2D eigenvalue weighted by Gasteiger charge is -2.27. The molecule has 2 atom stereocenters. The van der Waals surface area contributed by atoms with Crippen molar-refractivity contribution in [1.29, 1.82) is 0 Å². The van der Waals surface area contributed by atoms with Crippen molar-refractivity contribution in [1.82, 2.24) is 0 Å². The highest BCUT2D eigenvalue weighted by Gasteiger charge is 2.37. The summed E-state index contributed by atoms with van der Waals surface area (Å²) in [5.74, 6) is -0.340. The molecule has 0 amide bonds. The Morgan fingerprint density at radius 3 is 2.81 bits per heavy atom. The number of hydrogen-bond donors (Lipinski definition) is 0. The third kappa shape index (κ3) is 3.20. The molecule has 1 rings (SSSR count). The molecular weight excluding hydrogens is 210 g/mol. The van der Waals surface area contributed by atoms with Crippen molar-refractivity contribution in [3.05, 3.63) is 0 Å². The summed E-state index contributed by atoms with van der Waals surface area (Å²) in [4.78, 5) is 15.5. The molecule has 0 fully saturated rings. The van der Waals surface area contributed by atoms with Gasteiger partial charge in [0.05, 0.1) is 12.2 Å². The van der Waals surface area contributed by atoms with Gasteiger partial charge in [0.25, 0.3) is 0 Å². The first-order valence-electron chi connectivity index (χ1n) is 5.39. The summed E-state index contributed by atoms with van der Waals surface area (Å²) in [6, 6.07) is -0.561. The van der Waals surface area contributed by atoms with E-state index in [9.17, 15) is 4.79 Å². The van der Waals surface area contributed by atoms with Crippen LogP contribution in [0, 0.1) is 0 Å². The van der Waals surface area contributed by atoms with E-state index in [0.29, 0.717) is 13.0 Å². The maximum absolute atomic E-state index is 11.6. The standard InChI is InChI=1S/C11H19NO4/c1-5-15-10(13)9-8(16-7-12-9)6-11(2,3)14-4/h7-9H,5-6H2,1-4H3. The van der Waals surface area contributed by atoms with Gasteiger partial charge in [-0.25, -0.2) is 9.79 Å². The Morgan fingerprint density at radius 1 is 1.56 bits per heavy atom. The van der Waals surface area contributed by atoms with Gasteiger partial charge >= 0.3 is 5.97 Å². The number of aliphatic imine (C=N–C) groups is 1. The van der Waals surface area contributed by atoms with Crippen molar-refractivity contribution in [3.63, 3.8) is 0 Å². The Labute approximate surface area is 95.8 Å². The SMILES string of the molecule is CCOC(=O)C1N=COC1CC(C)(C)OC. The minimum atomic E-state index is -0.561. The van der Waals surface area contributed by atoms with E-state index < -0.39 is 6.04 Å². The lowest BCUT2D eigenvalue weighted by molar-refractivity contribution is -0.147. The molecule has 16 heavy (non-hydrogen) atoms. The highest BCUT2D eigenvalue weighted by Crippen LogP contribution is 2.23. The van der Waals surface area contributed by atoms with Crippen molar-refractivity contribution in [2.75, 3.05) is 13.7 Å². The zero-order valence-electron chi connectivity index (χ0n) is 10.2. The fraction of sp³-hybridized carbons (Fsp3) is 0.818. The van der Waals surface area contributed by atoms with Gasteiger partial charge in [-0.2, -0.15) is 0 Å². The average molecular weight is 229 g/mol. The molecule has 0 aromatic rings. The molecule has 5 heteroatoms. The molecule has 5 nitrogen and oxygen atoms in total. The maximum atomic E-state index is 11.6. The van der Waals surface area contributed by atoms with E-state index in [1.165, 1.54) is 6.40 Å². The van der Waals surface area contributed by atoms with E-state index in [4.69, 9.17) is 14.2 Å². The normalized spacial score (nSPS) is 24.2. The van der Waals surface area contributed by atoms with Crippen LogP contribution in [0.2, 0.25) is 0 Å². The molecule has 0 spiro atoms. The monoisotopic (exact) mass is 229 g/mol. The molecule has 0 bridgehead atoms. The topological polar surface area (TPSA) is 57.1 Å². The van der Waals surface area contributed by atoms with E-state index in [2.05, 4.69) is 4.99 Å². The predicted octanol–water partition coefficient (Wildman–Crippen LogP) is 1.16. The summed E-state index contributed by atoms with van der Waals surface area (Å²) in [5, 5.41) is 0. The number of carbonyl (C=O) groups is 1. The zero-order valence-corrected chi connectivity index (χ0v) is 10.2. The Kier molecular flexibility index (Phi) is 4.29. The number of carbonyl (C=O) groups excluding carboxylic acids is 1. The van der Waals surface area contributed by atoms with Crippen LogP contribution < -0.4 is 0 Å². The smallest absolute Gasteiger partial charge is 0.334 e. The first kappa shape index (κ1) is 13.0. The highest BCUT2D eigenvalue weighted by molar-refractivity contribution is 5.79. The summed E-state index contributed by atoms with van der Waals surface area (Å²) in [7, 11) is 1.63. The minimum absolute atomic E-state index is 0.297. The van der Waals surface area contributed by atoms with E-state index in [1.54, 1.807) is 14.0 Å². The fourth-order valence-corrected chi connectivity index (χ4v) is 1.52. The maximum Gasteiger partial charge on any atom is 0.334 e. The second-order valence-electron chi connectivity index (χ2n) is 4.29. The summed E-state index contributed by atoms with van der Waals surface area (Å²) in [6.45, 7) is 6.00. The van der Waals surface area contributed by atoms with Crippen LogP contribution in [0.15, 0.2) is 4.99 Å². The van der Waals surface area contributed by atoms with Gasteiger partial charge in [0.2, 0.25) is 0 Å². The van der Waals surface area contributed by atoms with Crippen LogP contribution in [-0.4, -0.2) is 43.8 Å². The highest BCUT2D eigenvalue weighted by atomic mass is 16.5. The molecule has 0 radical (unpaired) electrons. The van der Waals surface area contributed by atoms with Crippen LogP contribution in [0.25, 0.3) is 0 Å². The number of rotatable bonds is 5. The molecule has 1 aliphatic heterocycles. The molecular formula is C11H19NO4. The summed E-state index contributed by atoms with van der Waals surface area (Å²) in [6.07, 6.45) is 1.61. The molecule has 0 N–H and O–H groups in total. The van der Waals surface area contributed by atoms with Gasteiger partial charge in [0.15, 0.2) is 12.4 Å². The lowest BCUT2D eigenvalue weighted by Crippen LogP contribution is -2.38. The van der Waals surface area contributed by atoms with Crippen molar-refractivity contribution < 1.29 is 19.0 Å². The molecule has 0 aliphatic carbocycles. The summed E-state index contributed by atoms with van der Waals surface area (Å²) in [5.41, 5.74) is -0.344.